The van der Waals surface area contributed by atoms with Gasteiger partial charge in [0.2, 0.25) is 5.91 Å². The van der Waals surface area contributed by atoms with Gasteiger partial charge in [-0.3, -0.25) is 4.79 Å². The van der Waals surface area contributed by atoms with Crippen LogP contribution >= 0.6 is 0 Å². The van der Waals surface area contributed by atoms with Gasteiger partial charge in [-0.25, -0.2) is 0 Å². The number of hydrogen-bond donors (Lipinski definition) is 2. The van der Waals surface area contributed by atoms with Crippen LogP contribution in [0.2, 0.25) is 0 Å². The number of carbonyl (C=O) groups excluding carboxylic acids is 1. The van der Waals surface area contributed by atoms with Crippen molar-refractivity contribution in [3.8, 4) is 0 Å². The van der Waals surface area contributed by atoms with Gasteiger partial charge in [0.05, 0.1) is 12.1 Å². The zero-order valence-corrected chi connectivity index (χ0v) is 10.2. The smallest absolute Gasteiger partial charge is 0.234 e. The summed E-state index contributed by atoms with van der Waals surface area (Å²) in [5.41, 5.74) is 5.47. The molecule has 0 aliphatic carbocycles. The van der Waals surface area contributed by atoms with Gasteiger partial charge in [-0.2, -0.15) is 0 Å². The number of rotatable bonds is 5. The van der Waals surface area contributed by atoms with Gasteiger partial charge in [0.15, 0.2) is 0 Å². The van der Waals surface area contributed by atoms with E-state index in [4.69, 9.17) is 15.2 Å². The van der Waals surface area contributed by atoms with Crippen molar-refractivity contribution >= 4 is 5.91 Å². The molecule has 0 bridgehead atoms. The lowest BCUT2D eigenvalue weighted by Crippen LogP contribution is -2.50. The molecule has 2 fully saturated rings. The number of amides is 1. The van der Waals surface area contributed by atoms with Crippen molar-refractivity contribution in [2.24, 2.45) is 11.7 Å². The van der Waals surface area contributed by atoms with Crippen molar-refractivity contribution in [2.45, 2.75) is 37.8 Å². The van der Waals surface area contributed by atoms with E-state index in [9.17, 15) is 4.79 Å². The quantitative estimate of drug-likeness (QED) is 0.713. The molecule has 0 aromatic heterocycles. The molecule has 98 valence electrons. The van der Waals surface area contributed by atoms with Crippen LogP contribution in [0, 0.1) is 5.92 Å². The van der Waals surface area contributed by atoms with Crippen molar-refractivity contribution in [3.63, 3.8) is 0 Å². The van der Waals surface area contributed by atoms with Gasteiger partial charge in [-0.15, -0.1) is 0 Å². The van der Waals surface area contributed by atoms with E-state index in [-0.39, 0.29) is 18.1 Å². The fourth-order valence-electron chi connectivity index (χ4n) is 2.61. The Bertz CT molecular complexity index is 248. The third-order valence-electron chi connectivity index (χ3n) is 3.63. The first-order valence-corrected chi connectivity index (χ1v) is 6.49. The van der Waals surface area contributed by atoms with E-state index in [0.29, 0.717) is 5.92 Å². The molecule has 2 aliphatic rings. The monoisotopic (exact) mass is 242 g/mol. The Hall–Kier alpha value is -0.650. The van der Waals surface area contributed by atoms with Crippen LogP contribution in [0.25, 0.3) is 0 Å². The Balaban J connectivity index is 1.80. The second kappa shape index (κ2) is 6.33. The largest absolute Gasteiger partial charge is 0.381 e. The van der Waals surface area contributed by atoms with Gasteiger partial charge >= 0.3 is 0 Å². The number of carbonyl (C=O) groups is 1. The third-order valence-corrected chi connectivity index (χ3v) is 3.63. The highest BCUT2D eigenvalue weighted by molar-refractivity contribution is 5.80. The van der Waals surface area contributed by atoms with Crippen molar-refractivity contribution in [2.75, 3.05) is 26.4 Å². The van der Waals surface area contributed by atoms with Gasteiger partial charge in [0.25, 0.3) is 0 Å². The highest BCUT2D eigenvalue weighted by atomic mass is 16.5. The molecule has 3 N–H and O–H groups in total. The topological polar surface area (TPSA) is 73.6 Å². The Labute approximate surface area is 102 Å². The molecule has 0 saturated carbocycles. The van der Waals surface area contributed by atoms with Crippen LogP contribution in [0.4, 0.5) is 0 Å². The third kappa shape index (κ3) is 3.66. The summed E-state index contributed by atoms with van der Waals surface area (Å²) in [7, 11) is 0. The van der Waals surface area contributed by atoms with E-state index >= 15 is 0 Å². The molecule has 0 radical (unpaired) electrons. The lowest BCUT2D eigenvalue weighted by atomic mass is 9.91. The van der Waals surface area contributed by atoms with E-state index in [0.717, 1.165) is 52.0 Å². The van der Waals surface area contributed by atoms with E-state index in [2.05, 4.69) is 5.32 Å². The summed E-state index contributed by atoms with van der Waals surface area (Å²) < 4.78 is 10.8. The number of nitrogens with two attached hydrogens (primary N) is 1. The summed E-state index contributed by atoms with van der Waals surface area (Å²) in [5, 5.41) is 3.28. The normalized spacial score (nSPS) is 28.1. The molecule has 0 aromatic carbocycles. The van der Waals surface area contributed by atoms with Crippen molar-refractivity contribution in [1.29, 1.82) is 0 Å². The maximum absolute atomic E-state index is 11.5. The first kappa shape index (κ1) is 12.8. The molecule has 1 amide bonds. The Morgan fingerprint density at radius 3 is 2.65 bits per heavy atom. The predicted molar refractivity (Wildman–Crippen MR) is 63.5 cm³/mol. The minimum Gasteiger partial charge on any atom is -0.381 e. The number of primary amides is 1. The average molecular weight is 242 g/mol. The summed E-state index contributed by atoms with van der Waals surface area (Å²) in [6.07, 6.45) is 4.26. The summed E-state index contributed by atoms with van der Waals surface area (Å²) in [6.45, 7) is 3.03. The van der Waals surface area contributed by atoms with Crippen LogP contribution in [0.15, 0.2) is 0 Å². The maximum atomic E-state index is 11.5. The van der Waals surface area contributed by atoms with Crippen LogP contribution in [0.5, 0.6) is 0 Å². The van der Waals surface area contributed by atoms with Crippen LogP contribution in [0.1, 0.15) is 25.7 Å². The zero-order valence-electron chi connectivity index (χ0n) is 10.2. The van der Waals surface area contributed by atoms with Crippen LogP contribution in [-0.2, 0) is 14.3 Å². The van der Waals surface area contributed by atoms with Gasteiger partial charge in [0.1, 0.15) is 0 Å². The first-order valence-electron chi connectivity index (χ1n) is 6.49. The molecule has 2 atom stereocenters. The molecule has 2 heterocycles. The molecule has 0 aromatic rings. The van der Waals surface area contributed by atoms with Gasteiger partial charge < -0.3 is 20.5 Å². The van der Waals surface area contributed by atoms with E-state index in [1.165, 1.54) is 0 Å². The van der Waals surface area contributed by atoms with Crippen LogP contribution < -0.4 is 11.1 Å². The van der Waals surface area contributed by atoms with E-state index in [1.807, 2.05) is 0 Å². The van der Waals surface area contributed by atoms with Crippen LogP contribution in [0.3, 0.4) is 0 Å². The highest BCUT2D eigenvalue weighted by Crippen LogP contribution is 2.19. The number of hydrogen-bond acceptors (Lipinski definition) is 4. The molecule has 17 heavy (non-hydrogen) atoms. The summed E-state index contributed by atoms with van der Waals surface area (Å²) in [6, 6.07) is -0.233. The zero-order chi connectivity index (χ0) is 12.1. The fourth-order valence-corrected chi connectivity index (χ4v) is 2.61. The Kier molecular flexibility index (Phi) is 4.76. The highest BCUT2D eigenvalue weighted by Gasteiger charge is 2.29. The first-order chi connectivity index (χ1) is 8.27. The molecule has 0 spiro atoms. The molecule has 2 unspecified atom stereocenters. The molecule has 5 nitrogen and oxygen atoms in total. The Morgan fingerprint density at radius 1 is 1.29 bits per heavy atom. The average Bonchev–Trinajstić information content (AvgIpc) is 2.83. The minimum absolute atomic E-state index is 0.233. The van der Waals surface area contributed by atoms with Crippen molar-refractivity contribution < 1.29 is 14.3 Å². The fraction of sp³-hybridized carbons (Fsp3) is 0.917. The lowest BCUT2D eigenvalue weighted by Gasteiger charge is -2.29. The van der Waals surface area contributed by atoms with E-state index in [1.54, 1.807) is 0 Å². The lowest BCUT2D eigenvalue weighted by molar-refractivity contribution is -0.122. The van der Waals surface area contributed by atoms with Gasteiger partial charge in [0, 0.05) is 26.4 Å². The SMILES string of the molecule is NC(=O)C(NCC1CCCO1)C1CCOCC1. The van der Waals surface area contributed by atoms with Crippen molar-refractivity contribution in [1.82, 2.24) is 5.32 Å². The maximum Gasteiger partial charge on any atom is 0.234 e. The number of ether oxygens (including phenoxy) is 2. The molecule has 5 heteroatoms. The summed E-state index contributed by atoms with van der Waals surface area (Å²) in [4.78, 5) is 11.5. The minimum atomic E-state index is -0.255. The van der Waals surface area contributed by atoms with Crippen LogP contribution in [-0.4, -0.2) is 44.4 Å². The second-order valence-electron chi connectivity index (χ2n) is 4.87. The number of nitrogens with one attached hydrogen (secondary N) is 1. The summed E-state index contributed by atoms with van der Waals surface area (Å²) >= 11 is 0. The predicted octanol–water partition coefficient (Wildman–Crippen LogP) is 0.0355. The van der Waals surface area contributed by atoms with Crippen molar-refractivity contribution in [3.05, 3.63) is 0 Å². The van der Waals surface area contributed by atoms with Gasteiger partial charge in [-0.1, -0.05) is 0 Å². The standard InChI is InChI=1S/C12H22N2O3/c13-12(15)11(9-3-6-16-7-4-9)14-8-10-2-1-5-17-10/h9-11,14H,1-8H2,(H2,13,15). The molecule has 2 aliphatic heterocycles. The molecule has 2 rings (SSSR count). The molecular formula is C12H22N2O3. The Morgan fingerprint density at radius 2 is 2.06 bits per heavy atom. The van der Waals surface area contributed by atoms with Gasteiger partial charge in [-0.05, 0) is 31.6 Å². The summed E-state index contributed by atoms with van der Waals surface area (Å²) in [5.74, 6) is 0.0533. The second-order valence-corrected chi connectivity index (χ2v) is 4.87. The molecule has 2 saturated heterocycles. The van der Waals surface area contributed by atoms with E-state index < -0.39 is 0 Å². The molecular weight excluding hydrogens is 220 g/mol.